The Morgan fingerprint density at radius 1 is 1.35 bits per heavy atom. The fraction of sp³-hybridized carbons (Fsp3) is 0.308. The number of hydrogen-bond donors (Lipinski definition) is 1. The Kier molecular flexibility index (Phi) is 3.50. The van der Waals surface area contributed by atoms with Gasteiger partial charge in [0.15, 0.2) is 0 Å². The van der Waals surface area contributed by atoms with Crippen LogP contribution in [0.1, 0.15) is 12.6 Å². The van der Waals surface area contributed by atoms with Crippen molar-refractivity contribution in [1.82, 2.24) is 4.98 Å². The average Bonchev–Trinajstić information content (AvgIpc) is 2.29. The number of nitrogens with two attached hydrogens (primary N) is 1. The lowest BCUT2D eigenvalue weighted by Gasteiger charge is -2.09. The number of rotatable bonds is 3. The smallest absolute Gasteiger partial charge is 0.145 e. The minimum absolute atomic E-state index is 0.0881. The first kappa shape index (κ1) is 12.1. The van der Waals surface area contributed by atoms with Gasteiger partial charge in [0.25, 0.3) is 0 Å². The largest absolute Gasteiger partial charge is 0.494 e. The molecular formula is C13H15ClN2O. The van der Waals surface area contributed by atoms with E-state index in [1.807, 2.05) is 31.2 Å². The summed E-state index contributed by atoms with van der Waals surface area (Å²) in [5.41, 5.74) is 7.51. The number of aromatic nitrogens is 1. The fourth-order valence-electron chi connectivity index (χ4n) is 1.81. The number of halogens is 1. The SMILES string of the molecule is COc1ccc(Cl)c2ccc(CC(C)N)nc12. The van der Waals surface area contributed by atoms with E-state index in [9.17, 15) is 0 Å². The van der Waals surface area contributed by atoms with Crippen LogP contribution in [0.4, 0.5) is 0 Å². The summed E-state index contributed by atoms with van der Waals surface area (Å²) in [7, 11) is 1.63. The van der Waals surface area contributed by atoms with Crippen LogP contribution in [0.3, 0.4) is 0 Å². The molecule has 0 radical (unpaired) electrons. The summed E-state index contributed by atoms with van der Waals surface area (Å²) in [5.74, 6) is 0.732. The molecule has 0 bridgehead atoms. The molecule has 4 heteroatoms. The van der Waals surface area contributed by atoms with Crippen molar-refractivity contribution < 1.29 is 4.74 Å². The molecule has 17 heavy (non-hydrogen) atoms. The number of methoxy groups -OCH3 is 1. The number of benzene rings is 1. The molecule has 0 spiro atoms. The van der Waals surface area contributed by atoms with Gasteiger partial charge in [-0.1, -0.05) is 11.6 Å². The monoisotopic (exact) mass is 250 g/mol. The second-order valence-corrected chi connectivity index (χ2v) is 4.54. The van der Waals surface area contributed by atoms with E-state index in [1.165, 1.54) is 0 Å². The van der Waals surface area contributed by atoms with Crippen molar-refractivity contribution in [2.45, 2.75) is 19.4 Å². The summed E-state index contributed by atoms with van der Waals surface area (Å²) in [4.78, 5) is 4.56. The van der Waals surface area contributed by atoms with Crippen molar-refractivity contribution in [2.24, 2.45) is 5.73 Å². The van der Waals surface area contributed by atoms with Gasteiger partial charge in [0.05, 0.1) is 12.1 Å². The highest BCUT2D eigenvalue weighted by Crippen LogP contribution is 2.30. The van der Waals surface area contributed by atoms with E-state index in [-0.39, 0.29) is 6.04 Å². The molecule has 3 nitrogen and oxygen atoms in total. The zero-order valence-corrected chi connectivity index (χ0v) is 10.7. The molecule has 0 saturated heterocycles. The van der Waals surface area contributed by atoms with Gasteiger partial charge < -0.3 is 10.5 Å². The summed E-state index contributed by atoms with van der Waals surface area (Å²) in [6.45, 7) is 1.96. The summed E-state index contributed by atoms with van der Waals surface area (Å²) < 4.78 is 5.29. The van der Waals surface area contributed by atoms with E-state index < -0.39 is 0 Å². The molecule has 1 unspecified atom stereocenters. The zero-order valence-electron chi connectivity index (χ0n) is 9.90. The highest BCUT2D eigenvalue weighted by Gasteiger charge is 2.08. The first-order valence-electron chi connectivity index (χ1n) is 5.49. The summed E-state index contributed by atoms with van der Waals surface area (Å²) in [6, 6.07) is 7.65. The maximum atomic E-state index is 6.12. The van der Waals surface area contributed by atoms with Gasteiger partial charge >= 0.3 is 0 Å². The molecule has 1 aromatic heterocycles. The van der Waals surface area contributed by atoms with Gasteiger partial charge in [0, 0.05) is 23.5 Å². The van der Waals surface area contributed by atoms with Gasteiger partial charge in [0.1, 0.15) is 11.3 Å². The molecule has 0 aliphatic heterocycles. The van der Waals surface area contributed by atoms with Gasteiger partial charge in [-0.2, -0.15) is 0 Å². The Morgan fingerprint density at radius 3 is 2.76 bits per heavy atom. The van der Waals surface area contributed by atoms with Crippen LogP contribution in [0, 0.1) is 0 Å². The molecule has 0 aliphatic rings. The standard InChI is InChI=1S/C13H15ClN2O/c1-8(15)7-9-3-4-10-11(14)5-6-12(17-2)13(10)16-9/h3-6,8H,7,15H2,1-2H3. The summed E-state index contributed by atoms with van der Waals surface area (Å²) >= 11 is 6.12. The van der Waals surface area contributed by atoms with E-state index in [4.69, 9.17) is 22.1 Å². The van der Waals surface area contributed by atoms with Crippen LogP contribution in [0.25, 0.3) is 10.9 Å². The average molecular weight is 251 g/mol. The topological polar surface area (TPSA) is 48.1 Å². The van der Waals surface area contributed by atoms with E-state index in [2.05, 4.69) is 4.98 Å². The van der Waals surface area contributed by atoms with Gasteiger partial charge in [-0.25, -0.2) is 4.98 Å². The van der Waals surface area contributed by atoms with Crippen LogP contribution in [-0.4, -0.2) is 18.1 Å². The number of ether oxygens (including phenoxy) is 1. The Bertz CT molecular complexity index is 540. The molecule has 1 aromatic carbocycles. The molecule has 2 aromatic rings. The molecule has 0 amide bonds. The lowest BCUT2D eigenvalue weighted by atomic mass is 10.1. The van der Waals surface area contributed by atoms with Gasteiger partial charge in [-0.05, 0) is 31.2 Å². The lowest BCUT2D eigenvalue weighted by Crippen LogP contribution is -2.18. The van der Waals surface area contributed by atoms with Crippen LogP contribution in [0.5, 0.6) is 5.75 Å². The summed E-state index contributed by atoms with van der Waals surface area (Å²) in [5, 5.41) is 1.58. The van der Waals surface area contributed by atoms with Crippen LogP contribution in [-0.2, 0) is 6.42 Å². The molecule has 2 N–H and O–H groups in total. The van der Waals surface area contributed by atoms with Crippen LogP contribution < -0.4 is 10.5 Å². The molecule has 0 aliphatic carbocycles. The Balaban J connectivity index is 2.58. The Morgan fingerprint density at radius 2 is 2.12 bits per heavy atom. The van der Waals surface area contributed by atoms with Crippen LogP contribution in [0.2, 0.25) is 5.02 Å². The molecule has 0 fully saturated rings. The molecular weight excluding hydrogens is 236 g/mol. The third-order valence-electron chi connectivity index (χ3n) is 2.58. The molecule has 1 atom stereocenters. The normalized spacial score (nSPS) is 12.7. The van der Waals surface area contributed by atoms with E-state index in [0.29, 0.717) is 5.02 Å². The molecule has 90 valence electrons. The summed E-state index contributed by atoms with van der Waals surface area (Å²) in [6.07, 6.45) is 0.742. The van der Waals surface area contributed by atoms with E-state index in [0.717, 1.165) is 28.8 Å². The van der Waals surface area contributed by atoms with Crippen molar-refractivity contribution in [3.63, 3.8) is 0 Å². The zero-order chi connectivity index (χ0) is 12.4. The first-order chi connectivity index (χ1) is 8.11. The second-order valence-electron chi connectivity index (χ2n) is 4.13. The van der Waals surface area contributed by atoms with Crippen LogP contribution in [0.15, 0.2) is 24.3 Å². The Hall–Kier alpha value is -1.32. The maximum absolute atomic E-state index is 6.12. The predicted octanol–water partition coefficient (Wildman–Crippen LogP) is 2.79. The quantitative estimate of drug-likeness (QED) is 0.911. The third kappa shape index (κ3) is 2.51. The van der Waals surface area contributed by atoms with Gasteiger partial charge in [-0.3, -0.25) is 0 Å². The predicted molar refractivity (Wildman–Crippen MR) is 70.7 cm³/mol. The van der Waals surface area contributed by atoms with Crippen LogP contribution >= 0.6 is 11.6 Å². The fourth-order valence-corrected chi connectivity index (χ4v) is 2.02. The Labute approximate surface area is 106 Å². The molecule has 1 heterocycles. The minimum atomic E-state index is 0.0881. The number of nitrogens with zero attached hydrogens (tertiary/aromatic N) is 1. The third-order valence-corrected chi connectivity index (χ3v) is 2.91. The minimum Gasteiger partial charge on any atom is -0.494 e. The maximum Gasteiger partial charge on any atom is 0.145 e. The first-order valence-corrected chi connectivity index (χ1v) is 5.87. The second kappa shape index (κ2) is 4.90. The van der Waals surface area contributed by atoms with E-state index >= 15 is 0 Å². The highest BCUT2D eigenvalue weighted by molar-refractivity contribution is 6.35. The molecule has 0 saturated carbocycles. The number of pyridine rings is 1. The van der Waals surface area contributed by atoms with Crippen molar-refractivity contribution in [2.75, 3.05) is 7.11 Å². The van der Waals surface area contributed by atoms with Crippen molar-refractivity contribution >= 4 is 22.5 Å². The lowest BCUT2D eigenvalue weighted by molar-refractivity contribution is 0.419. The van der Waals surface area contributed by atoms with E-state index in [1.54, 1.807) is 7.11 Å². The van der Waals surface area contributed by atoms with Crippen molar-refractivity contribution in [3.05, 3.63) is 35.0 Å². The number of hydrogen-bond acceptors (Lipinski definition) is 3. The van der Waals surface area contributed by atoms with Crippen molar-refractivity contribution in [1.29, 1.82) is 0 Å². The number of fused-ring (bicyclic) bond motifs is 1. The molecule has 2 rings (SSSR count). The van der Waals surface area contributed by atoms with Gasteiger partial charge in [-0.15, -0.1) is 0 Å². The van der Waals surface area contributed by atoms with Gasteiger partial charge in [0.2, 0.25) is 0 Å². The van der Waals surface area contributed by atoms with Crippen molar-refractivity contribution in [3.8, 4) is 5.75 Å². The highest BCUT2D eigenvalue weighted by atomic mass is 35.5.